The second kappa shape index (κ2) is 3.38. The van der Waals surface area contributed by atoms with Gasteiger partial charge in [-0.15, -0.1) is 0 Å². The fourth-order valence-electron chi connectivity index (χ4n) is 2.41. The number of aliphatic hydroxyl groups excluding tert-OH is 1. The number of carbonyl (C=O) groups is 1. The van der Waals surface area contributed by atoms with Crippen molar-refractivity contribution in [3.8, 4) is 0 Å². The third kappa shape index (κ3) is 1.40. The summed E-state index contributed by atoms with van der Waals surface area (Å²) in [4.78, 5) is 12.0. The van der Waals surface area contributed by atoms with E-state index in [2.05, 4.69) is 0 Å². The van der Waals surface area contributed by atoms with E-state index in [4.69, 9.17) is 0 Å². The number of hydrogen-bond acceptors (Lipinski definition) is 3. The summed E-state index contributed by atoms with van der Waals surface area (Å²) in [6.07, 6.45) is 0.279. The predicted molar refractivity (Wildman–Crippen MR) is 46.6 cm³/mol. The molecule has 1 radical (unpaired) electrons. The summed E-state index contributed by atoms with van der Waals surface area (Å²) in [5.74, 6) is -0.00352. The van der Waals surface area contributed by atoms with Crippen molar-refractivity contribution in [2.45, 2.75) is 31.2 Å². The summed E-state index contributed by atoms with van der Waals surface area (Å²) >= 11 is 0. The Balaban J connectivity index is 2.09. The fraction of sp³-hybridized carbons (Fsp3) is 0.875. The topological polar surface area (TPSA) is 40.5 Å². The largest absolute Gasteiger partial charge is 0.390 e. The van der Waals surface area contributed by atoms with Crippen molar-refractivity contribution in [3.05, 3.63) is 0 Å². The first-order valence-electron chi connectivity index (χ1n) is 4.60. The second-order valence-electron chi connectivity index (χ2n) is 3.82. The lowest BCUT2D eigenvalue weighted by atomic mass is 9.72. The normalized spacial score (nSPS) is 44.8. The molecule has 4 atom stereocenters. The van der Waals surface area contributed by atoms with Crippen molar-refractivity contribution in [2.24, 2.45) is 5.92 Å². The van der Waals surface area contributed by atoms with Crippen LogP contribution < -0.4 is 0 Å². The van der Waals surface area contributed by atoms with Gasteiger partial charge in [-0.2, -0.15) is 0 Å². The minimum Gasteiger partial charge on any atom is -0.390 e. The van der Waals surface area contributed by atoms with Crippen LogP contribution in [0.1, 0.15) is 12.8 Å². The predicted octanol–water partition coefficient (Wildman–Crippen LogP) is -0.411. The zero-order valence-electron chi connectivity index (χ0n) is 7.27. The molecular weight excluding hydrogens is 172 g/mol. The summed E-state index contributed by atoms with van der Waals surface area (Å²) < 4.78 is 13.4. The summed E-state index contributed by atoms with van der Waals surface area (Å²) in [6, 6.07) is -0.287. The molecule has 3 fully saturated rings. The maximum atomic E-state index is 13.4. The molecule has 13 heavy (non-hydrogen) atoms. The van der Waals surface area contributed by atoms with Gasteiger partial charge in [0.25, 0.3) is 7.41 Å². The number of alkyl halides is 1. The van der Waals surface area contributed by atoms with Crippen molar-refractivity contribution in [3.63, 3.8) is 0 Å². The number of piperidine rings is 2. The van der Waals surface area contributed by atoms with Crippen molar-refractivity contribution in [1.29, 1.82) is 0 Å². The Morgan fingerprint density at radius 1 is 1.54 bits per heavy atom. The van der Waals surface area contributed by atoms with Crippen LogP contribution in [0.4, 0.5) is 4.39 Å². The van der Waals surface area contributed by atoms with E-state index in [1.807, 2.05) is 0 Å². The van der Waals surface area contributed by atoms with E-state index in [0.29, 0.717) is 12.7 Å². The molecule has 2 heterocycles. The van der Waals surface area contributed by atoms with Gasteiger partial charge >= 0.3 is 0 Å². The average Bonchev–Trinajstić information content (AvgIpc) is 2.14. The van der Waals surface area contributed by atoms with Gasteiger partial charge in [0.2, 0.25) is 0 Å². The number of hydrogen-bond donors (Lipinski definition) is 1. The summed E-state index contributed by atoms with van der Waals surface area (Å²) in [6.45, 7) is 0.616. The molecule has 71 valence electrons. The molecule has 0 spiro atoms. The molecule has 0 aromatic heterocycles. The monoisotopic (exact) mass is 184 g/mol. The molecular formula is C8H12BFNO2. The quantitative estimate of drug-likeness (QED) is 0.468. The molecule has 2 bridgehead atoms. The van der Waals surface area contributed by atoms with Gasteiger partial charge in [0.15, 0.2) is 0 Å². The molecule has 3 rings (SSSR count). The van der Waals surface area contributed by atoms with Crippen LogP contribution in [-0.2, 0) is 4.79 Å². The fourth-order valence-corrected chi connectivity index (χ4v) is 2.41. The van der Waals surface area contributed by atoms with Gasteiger partial charge in [-0.1, -0.05) is 0 Å². The number of carbonyl (C=O) groups excluding carboxylic acids is 1. The first kappa shape index (κ1) is 9.15. The lowest BCUT2D eigenvalue weighted by Crippen LogP contribution is -2.62. The molecule has 1 N–H and O–H groups in total. The molecule has 0 aromatic carbocycles. The molecule has 2 unspecified atom stereocenters. The van der Waals surface area contributed by atoms with E-state index in [1.165, 1.54) is 7.41 Å². The van der Waals surface area contributed by atoms with Crippen molar-refractivity contribution in [1.82, 2.24) is 4.81 Å². The van der Waals surface area contributed by atoms with Gasteiger partial charge in [0.1, 0.15) is 6.17 Å². The maximum absolute atomic E-state index is 13.4. The van der Waals surface area contributed by atoms with E-state index < -0.39 is 12.3 Å². The molecule has 5 heteroatoms. The van der Waals surface area contributed by atoms with E-state index in [9.17, 15) is 14.3 Å². The Morgan fingerprint density at radius 2 is 2.31 bits per heavy atom. The van der Waals surface area contributed by atoms with E-state index >= 15 is 0 Å². The lowest BCUT2D eigenvalue weighted by molar-refractivity contribution is -0.0812. The van der Waals surface area contributed by atoms with Gasteiger partial charge in [0, 0.05) is 6.04 Å². The highest BCUT2D eigenvalue weighted by Crippen LogP contribution is 2.36. The second-order valence-corrected chi connectivity index (χ2v) is 3.82. The number of nitrogens with zero attached hydrogens (tertiary/aromatic N) is 1. The van der Waals surface area contributed by atoms with Crippen LogP contribution in [0.2, 0.25) is 0 Å². The molecule has 1 aliphatic carbocycles. The number of aliphatic hydroxyl groups is 1. The molecule has 1 saturated carbocycles. The molecule has 3 aliphatic rings. The summed E-state index contributed by atoms with van der Waals surface area (Å²) in [5, 5.41) is 9.45. The van der Waals surface area contributed by atoms with Crippen LogP contribution in [0.5, 0.6) is 0 Å². The van der Waals surface area contributed by atoms with Crippen LogP contribution in [0, 0.1) is 5.92 Å². The van der Waals surface area contributed by atoms with Gasteiger partial charge < -0.3 is 14.7 Å². The Kier molecular flexibility index (Phi) is 2.38. The van der Waals surface area contributed by atoms with Crippen molar-refractivity contribution >= 4 is 13.6 Å². The lowest BCUT2D eigenvalue weighted by Gasteiger charge is -2.49. The third-order valence-corrected chi connectivity index (χ3v) is 3.13. The third-order valence-electron chi connectivity index (χ3n) is 3.13. The van der Waals surface area contributed by atoms with E-state index in [0.717, 1.165) is 12.8 Å². The summed E-state index contributed by atoms with van der Waals surface area (Å²) in [5.41, 5.74) is 0. The summed E-state index contributed by atoms with van der Waals surface area (Å²) in [7, 11) is 1.38. The average molecular weight is 184 g/mol. The molecule has 2 aliphatic heterocycles. The maximum Gasteiger partial charge on any atom is 0.293 e. The Bertz CT molecular complexity index is 214. The molecule has 3 nitrogen and oxygen atoms in total. The number of rotatable bonds is 2. The van der Waals surface area contributed by atoms with Crippen LogP contribution in [0.25, 0.3) is 0 Å². The first-order valence-corrected chi connectivity index (χ1v) is 4.60. The number of halogens is 1. The minimum atomic E-state index is -1.19. The Hall–Kier alpha value is -0.415. The molecule has 0 aromatic rings. The van der Waals surface area contributed by atoms with Gasteiger partial charge in [0.05, 0.1) is 12.3 Å². The zero-order valence-corrected chi connectivity index (χ0v) is 7.27. The smallest absolute Gasteiger partial charge is 0.293 e. The van der Waals surface area contributed by atoms with E-state index in [-0.39, 0.29) is 12.0 Å². The Labute approximate surface area is 77.2 Å². The SMILES string of the molecule is O=C[B]N1CC2CCC1[C@H](F)[C@@H]2O. The van der Waals surface area contributed by atoms with Crippen molar-refractivity contribution in [2.75, 3.05) is 6.54 Å². The van der Waals surface area contributed by atoms with Crippen molar-refractivity contribution < 1.29 is 14.3 Å². The highest BCUT2D eigenvalue weighted by molar-refractivity contribution is 6.64. The van der Waals surface area contributed by atoms with Gasteiger partial charge in [-0.25, -0.2) is 4.39 Å². The van der Waals surface area contributed by atoms with Gasteiger partial charge in [-0.05, 0) is 25.3 Å². The Morgan fingerprint density at radius 3 is 2.92 bits per heavy atom. The number of fused-ring (bicyclic) bond motifs is 3. The molecule has 0 amide bonds. The highest BCUT2D eigenvalue weighted by Gasteiger charge is 2.46. The van der Waals surface area contributed by atoms with Crippen LogP contribution in [0.15, 0.2) is 0 Å². The highest BCUT2D eigenvalue weighted by atomic mass is 19.1. The van der Waals surface area contributed by atoms with Crippen LogP contribution in [0.3, 0.4) is 0 Å². The zero-order chi connectivity index (χ0) is 9.42. The van der Waals surface area contributed by atoms with Crippen LogP contribution in [-0.4, -0.2) is 48.4 Å². The molecule has 2 saturated heterocycles. The van der Waals surface area contributed by atoms with Crippen LogP contribution >= 0.6 is 0 Å². The standard InChI is InChI=1S/C8H12BFNO2/c10-7-6-2-1-5(8(7)13)3-11(6)9-4-12/h4-8,13H,1-3H2/t5?,6?,7-,8+/m0/s1. The van der Waals surface area contributed by atoms with Gasteiger partial charge in [-0.3, -0.25) is 0 Å². The minimum absolute atomic E-state index is 0.00352. The van der Waals surface area contributed by atoms with E-state index in [1.54, 1.807) is 4.81 Å². The first-order chi connectivity index (χ1) is 6.24.